The first-order valence-electron chi connectivity index (χ1n) is 9.45. The Labute approximate surface area is 140 Å². The molecule has 1 aromatic carbocycles. The van der Waals surface area contributed by atoms with E-state index in [4.69, 9.17) is 0 Å². The van der Waals surface area contributed by atoms with Crippen molar-refractivity contribution >= 4 is 11.5 Å². The van der Waals surface area contributed by atoms with Crippen molar-refractivity contribution in [2.75, 3.05) is 11.9 Å². The predicted octanol–water partition coefficient (Wildman–Crippen LogP) is 4.32. The molecule has 0 saturated heterocycles. The molecule has 3 nitrogen and oxygen atoms in total. The molecule has 1 aliphatic carbocycles. The minimum absolute atomic E-state index is 0.0353. The van der Waals surface area contributed by atoms with Gasteiger partial charge in [-0.25, -0.2) is 0 Å². The highest BCUT2D eigenvalue weighted by molar-refractivity contribution is 6.00. The van der Waals surface area contributed by atoms with Crippen LogP contribution < -0.4 is 10.6 Å². The zero-order chi connectivity index (χ0) is 16.1. The van der Waals surface area contributed by atoms with Crippen LogP contribution in [-0.4, -0.2) is 24.4 Å². The van der Waals surface area contributed by atoms with Gasteiger partial charge in [-0.3, -0.25) is 4.79 Å². The van der Waals surface area contributed by atoms with E-state index in [9.17, 15) is 4.79 Å². The SMILES string of the molecule is CCC(NC1CCCCCCC1)C(=O)c1ccc2c(c1)CCN2. The van der Waals surface area contributed by atoms with Gasteiger partial charge in [-0.1, -0.05) is 39.0 Å². The van der Waals surface area contributed by atoms with E-state index < -0.39 is 0 Å². The van der Waals surface area contributed by atoms with E-state index in [0.717, 1.165) is 24.9 Å². The summed E-state index contributed by atoms with van der Waals surface area (Å²) in [5, 5.41) is 7.04. The Morgan fingerprint density at radius 2 is 1.96 bits per heavy atom. The number of hydrogen-bond acceptors (Lipinski definition) is 3. The van der Waals surface area contributed by atoms with Gasteiger partial charge in [-0.2, -0.15) is 0 Å². The summed E-state index contributed by atoms with van der Waals surface area (Å²) in [4.78, 5) is 12.9. The summed E-state index contributed by atoms with van der Waals surface area (Å²) in [6, 6.07) is 6.63. The minimum atomic E-state index is -0.0353. The molecule has 126 valence electrons. The number of fused-ring (bicyclic) bond motifs is 1. The van der Waals surface area contributed by atoms with Crippen LogP contribution in [0.25, 0.3) is 0 Å². The number of anilines is 1. The molecular formula is C20H30N2O. The van der Waals surface area contributed by atoms with Crippen molar-refractivity contribution in [2.45, 2.75) is 76.8 Å². The van der Waals surface area contributed by atoms with Crippen LogP contribution in [0.1, 0.15) is 74.2 Å². The van der Waals surface area contributed by atoms with Crippen LogP contribution in [0.5, 0.6) is 0 Å². The Morgan fingerprint density at radius 3 is 2.70 bits per heavy atom. The molecule has 1 aliphatic heterocycles. The van der Waals surface area contributed by atoms with Gasteiger partial charge in [0.05, 0.1) is 6.04 Å². The molecule has 1 saturated carbocycles. The van der Waals surface area contributed by atoms with Crippen molar-refractivity contribution in [3.8, 4) is 0 Å². The molecule has 1 aromatic rings. The first-order valence-corrected chi connectivity index (χ1v) is 9.45. The number of benzene rings is 1. The number of nitrogens with one attached hydrogen (secondary N) is 2. The summed E-state index contributed by atoms with van der Waals surface area (Å²) in [6.45, 7) is 3.11. The lowest BCUT2D eigenvalue weighted by atomic mass is 9.94. The normalized spacial score (nSPS) is 20.2. The monoisotopic (exact) mass is 314 g/mol. The largest absolute Gasteiger partial charge is 0.384 e. The number of carbonyl (C=O) groups excluding carboxylic acids is 1. The van der Waals surface area contributed by atoms with Gasteiger partial charge in [0.1, 0.15) is 0 Å². The maximum Gasteiger partial charge on any atom is 0.179 e. The van der Waals surface area contributed by atoms with Crippen molar-refractivity contribution < 1.29 is 4.79 Å². The van der Waals surface area contributed by atoms with E-state index in [-0.39, 0.29) is 11.8 Å². The number of rotatable bonds is 5. The zero-order valence-electron chi connectivity index (χ0n) is 14.4. The van der Waals surface area contributed by atoms with Gasteiger partial charge in [0.15, 0.2) is 5.78 Å². The molecule has 23 heavy (non-hydrogen) atoms. The first-order chi connectivity index (χ1) is 11.3. The maximum atomic E-state index is 12.9. The van der Waals surface area contributed by atoms with Gasteiger partial charge >= 0.3 is 0 Å². The third-order valence-electron chi connectivity index (χ3n) is 5.37. The Bertz CT molecular complexity index is 532. The molecule has 1 atom stereocenters. The summed E-state index contributed by atoms with van der Waals surface area (Å²) in [6.07, 6.45) is 11.0. The lowest BCUT2D eigenvalue weighted by Gasteiger charge is -2.26. The maximum absolute atomic E-state index is 12.9. The van der Waals surface area contributed by atoms with E-state index in [0.29, 0.717) is 6.04 Å². The van der Waals surface area contributed by atoms with E-state index in [1.165, 1.54) is 56.2 Å². The van der Waals surface area contributed by atoms with Gasteiger partial charge in [-0.05, 0) is 49.4 Å². The fraction of sp³-hybridized carbons (Fsp3) is 0.650. The second-order valence-corrected chi connectivity index (χ2v) is 7.08. The fourth-order valence-corrected chi connectivity index (χ4v) is 3.95. The Balaban J connectivity index is 1.65. The highest BCUT2D eigenvalue weighted by atomic mass is 16.1. The number of carbonyl (C=O) groups is 1. The van der Waals surface area contributed by atoms with Crippen molar-refractivity contribution in [3.05, 3.63) is 29.3 Å². The molecule has 0 aromatic heterocycles. The molecule has 1 fully saturated rings. The number of ketones is 1. The van der Waals surface area contributed by atoms with Crippen molar-refractivity contribution in [1.29, 1.82) is 0 Å². The van der Waals surface area contributed by atoms with Crippen LogP contribution >= 0.6 is 0 Å². The van der Waals surface area contributed by atoms with Crippen molar-refractivity contribution in [1.82, 2.24) is 5.32 Å². The average molecular weight is 314 g/mol. The lowest BCUT2D eigenvalue weighted by Crippen LogP contribution is -2.43. The van der Waals surface area contributed by atoms with Crippen LogP contribution in [-0.2, 0) is 6.42 Å². The summed E-state index contributed by atoms with van der Waals surface area (Å²) in [5.74, 6) is 0.268. The first kappa shape index (κ1) is 16.5. The molecule has 2 N–H and O–H groups in total. The number of Topliss-reactive ketones (excluding diaryl/α,β-unsaturated/α-hetero) is 1. The standard InChI is InChI=1S/C20H30N2O/c1-2-18(22-17-8-6-4-3-5-7-9-17)20(23)16-10-11-19-15(14-16)12-13-21-19/h10-11,14,17-18,21-22H,2-9,12-13H2,1H3. The quantitative estimate of drug-likeness (QED) is 0.795. The molecule has 0 radical (unpaired) electrons. The molecule has 2 aliphatic rings. The molecule has 1 heterocycles. The molecule has 0 amide bonds. The third-order valence-corrected chi connectivity index (χ3v) is 5.37. The molecule has 3 heteroatoms. The molecule has 1 unspecified atom stereocenters. The zero-order valence-corrected chi connectivity index (χ0v) is 14.4. The summed E-state index contributed by atoms with van der Waals surface area (Å²) in [7, 11) is 0. The Morgan fingerprint density at radius 1 is 1.22 bits per heavy atom. The second kappa shape index (κ2) is 7.96. The molecular weight excluding hydrogens is 284 g/mol. The van der Waals surface area contributed by atoms with Crippen LogP contribution in [0.2, 0.25) is 0 Å². The predicted molar refractivity (Wildman–Crippen MR) is 96.3 cm³/mol. The topological polar surface area (TPSA) is 41.1 Å². The fourth-order valence-electron chi connectivity index (χ4n) is 3.95. The molecule has 0 spiro atoms. The Hall–Kier alpha value is -1.35. The highest BCUT2D eigenvalue weighted by Gasteiger charge is 2.23. The summed E-state index contributed by atoms with van der Waals surface area (Å²) < 4.78 is 0. The molecule has 0 bridgehead atoms. The number of hydrogen-bond donors (Lipinski definition) is 2. The lowest BCUT2D eigenvalue weighted by molar-refractivity contribution is 0.0929. The average Bonchev–Trinajstić information content (AvgIpc) is 3.01. The van der Waals surface area contributed by atoms with Crippen molar-refractivity contribution in [3.63, 3.8) is 0 Å². The van der Waals surface area contributed by atoms with Crippen LogP contribution in [0.3, 0.4) is 0 Å². The molecule has 3 rings (SSSR count). The van der Waals surface area contributed by atoms with Gasteiger partial charge in [0.25, 0.3) is 0 Å². The van der Waals surface area contributed by atoms with Crippen LogP contribution in [0.15, 0.2) is 18.2 Å². The summed E-state index contributed by atoms with van der Waals surface area (Å²) in [5.41, 5.74) is 3.36. The Kier molecular flexibility index (Phi) is 5.71. The van der Waals surface area contributed by atoms with Gasteiger partial charge in [0, 0.05) is 23.8 Å². The van der Waals surface area contributed by atoms with Crippen LogP contribution in [0.4, 0.5) is 5.69 Å². The minimum Gasteiger partial charge on any atom is -0.384 e. The summed E-state index contributed by atoms with van der Waals surface area (Å²) >= 11 is 0. The van der Waals surface area contributed by atoms with E-state index in [1.807, 2.05) is 6.07 Å². The van der Waals surface area contributed by atoms with Gasteiger partial charge in [0.2, 0.25) is 0 Å². The van der Waals surface area contributed by atoms with Gasteiger partial charge < -0.3 is 10.6 Å². The van der Waals surface area contributed by atoms with E-state index in [1.54, 1.807) is 0 Å². The van der Waals surface area contributed by atoms with E-state index in [2.05, 4.69) is 29.7 Å². The van der Waals surface area contributed by atoms with Gasteiger partial charge in [-0.15, -0.1) is 0 Å². The highest BCUT2D eigenvalue weighted by Crippen LogP contribution is 2.24. The van der Waals surface area contributed by atoms with Crippen molar-refractivity contribution in [2.24, 2.45) is 0 Å². The smallest absolute Gasteiger partial charge is 0.179 e. The van der Waals surface area contributed by atoms with E-state index >= 15 is 0 Å². The second-order valence-electron chi connectivity index (χ2n) is 7.08. The third kappa shape index (κ3) is 4.14. The van der Waals surface area contributed by atoms with Crippen LogP contribution in [0, 0.1) is 0 Å².